The van der Waals surface area contributed by atoms with Crippen LogP contribution in [-0.2, 0) is 30.9 Å². The van der Waals surface area contributed by atoms with Gasteiger partial charge < -0.3 is 14.8 Å². The van der Waals surface area contributed by atoms with Crippen molar-refractivity contribution in [3.8, 4) is 0 Å². The van der Waals surface area contributed by atoms with Gasteiger partial charge in [0.25, 0.3) is 0 Å². The summed E-state index contributed by atoms with van der Waals surface area (Å²) in [5.41, 5.74) is 1.83. The van der Waals surface area contributed by atoms with E-state index in [1.165, 1.54) is 4.57 Å². The molecule has 2 saturated heterocycles. The number of hydrogen-bond donors (Lipinski definition) is 2. The van der Waals surface area contributed by atoms with Crippen molar-refractivity contribution < 1.29 is 28.7 Å². The highest BCUT2D eigenvalue weighted by Gasteiger charge is 2.33. The number of rotatable bonds is 7. The molecular formula is C33H47N5O7. The van der Waals surface area contributed by atoms with Crippen LogP contribution in [0.4, 0.5) is 4.79 Å². The van der Waals surface area contributed by atoms with Crippen LogP contribution in [0.3, 0.4) is 0 Å². The molecule has 0 spiro atoms. The first-order valence-electron chi connectivity index (χ1n) is 16.3. The van der Waals surface area contributed by atoms with Gasteiger partial charge in [-0.2, -0.15) is 0 Å². The number of esters is 1. The number of alkyl carbamates (subject to hydrolysis) is 1. The van der Waals surface area contributed by atoms with Gasteiger partial charge in [-0.25, -0.2) is 9.59 Å². The zero-order valence-electron chi connectivity index (χ0n) is 27.1. The molecule has 3 aliphatic rings. The van der Waals surface area contributed by atoms with Crippen molar-refractivity contribution in [3.05, 3.63) is 34.2 Å². The Kier molecular flexibility index (Phi) is 9.71. The van der Waals surface area contributed by atoms with E-state index in [1.807, 2.05) is 39.8 Å². The molecule has 1 aliphatic carbocycles. The molecule has 246 valence electrons. The fourth-order valence-electron chi connectivity index (χ4n) is 6.96. The maximum Gasteiger partial charge on any atom is 0.407 e. The van der Waals surface area contributed by atoms with E-state index >= 15 is 0 Å². The molecule has 3 amide bonds. The summed E-state index contributed by atoms with van der Waals surface area (Å²) in [7, 11) is 1.72. The second-order valence-corrected chi connectivity index (χ2v) is 13.9. The van der Waals surface area contributed by atoms with Crippen LogP contribution in [0.1, 0.15) is 96.6 Å². The number of fused-ring (bicyclic) bond motifs is 1. The SMILES string of the molecule is C[C@@H](CN1CCC(c2ccc3c(c2)n(C)c(=O)n3C2CCC(=O)NC2=O)CC1)OC(=O)C1CCC(NC(=O)OC(C)(C)C)CC1. The van der Waals surface area contributed by atoms with E-state index in [2.05, 4.69) is 21.6 Å². The van der Waals surface area contributed by atoms with E-state index < -0.39 is 23.6 Å². The number of nitrogens with zero attached hydrogens (tertiary/aromatic N) is 3. The normalized spacial score (nSPS) is 24.2. The standard InChI is InChI=1S/C33H47N5O7/c1-20(44-30(41)22-6-9-24(10-7-22)34-31(42)45-33(2,3)4)19-37-16-14-21(15-17-37)23-8-11-25-27(18-23)36(5)32(43)38(25)26-12-13-28(39)35-29(26)40/h8,11,18,20-22,24,26H,6-7,9-10,12-17,19H2,1-5H3,(H,34,42)(H,35,39,40)/t20-,22?,24?,26?/m0/s1. The number of aromatic nitrogens is 2. The Morgan fingerprint density at radius 1 is 1.00 bits per heavy atom. The van der Waals surface area contributed by atoms with E-state index in [-0.39, 0.29) is 42.1 Å². The maximum atomic E-state index is 13.1. The Morgan fingerprint density at radius 3 is 2.33 bits per heavy atom. The molecule has 3 heterocycles. The molecule has 0 radical (unpaired) electrons. The zero-order valence-corrected chi connectivity index (χ0v) is 27.1. The molecule has 2 aromatic rings. The van der Waals surface area contributed by atoms with Crippen molar-refractivity contribution >= 4 is 34.9 Å². The molecule has 1 aromatic carbocycles. The summed E-state index contributed by atoms with van der Waals surface area (Å²) in [4.78, 5) is 64.5. The maximum absolute atomic E-state index is 13.1. The number of aryl methyl sites for hydroxylation is 1. The molecule has 12 heteroatoms. The summed E-state index contributed by atoms with van der Waals surface area (Å²) >= 11 is 0. The van der Waals surface area contributed by atoms with Gasteiger partial charge in [0.1, 0.15) is 17.7 Å². The number of carbonyl (C=O) groups excluding carboxylic acids is 4. The second-order valence-electron chi connectivity index (χ2n) is 13.9. The summed E-state index contributed by atoms with van der Waals surface area (Å²) in [6.45, 7) is 9.88. The van der Waals surface area contributed by atoms with E-state index in [9.17, 15) is 24.0 Å². The Morgan fingerprint density at radius 2 is 1.69 bits per heavy atom. The summed E-state index contributed by atoms with van der Waals surface area (Å²) in [6.07, 6.45) is 4.60. The Labute approximate surface area is 263 Å². The quantitative estimate of drug-likeness (QED) is 0.352. The number of likely N-dealkylation sites (tertiary alicyclic amines) is 1. The molecule has 3 fully saturated rings. The molecule has 0 bridgehead atoms. The lowest BCUT2D eigenvalue weighted by atomic mass is 9.86. The first kappa shape index (κ1) is 32.7. The Hall–Kier alpha value is -3.67. The van der Waals surface area contributed by atoms with Crippen molar-refractivity contribution in [1.29, 1.82) is 0 Å². The first-order valence-corrected chi connectivity index (χ1v) is 16.3. The van der Waals surface area contributed by atoms with E-state index in [1.54, 1.807) is 11.6 Å². The van der Waals surface area contributed by atoms with Gasteiger partial charge in [-0.3, -0.25) is 33.7 Å². The highest BCUT2D eigenvalue weighted by Crippen LogP contribution is 2.32. The monoisotopic (exact) mass is 625 g/mol. The van der Waals surface area contributed by atoms with Crippen molar-refractivity contribution in [1.82, 2.24) is 24.7 Å². The molecule has 2 aliphatic heterocycles. The molecule has 1 saturated carbocycles. The summed E-state index contributed by atoms with van der Waals surface area (Å²) in [6, 6.07) is 5.35. The third-order valence-electron chi connectivity index (χ3n) is 9.31. The Bertz CT molecular complexity index is 1490. The molecule has 45 heavy (non-hydrogen) atoms. The number of hydrogen-bond acceptors (Lipinski definition) is 8. The highest BCUT2D eigenvalue weighted by atomic mass is 16.6. The minimum Gasteiger partial charge on any atom is -0.461 e. The van der Waals surface area contributed by atoms with Crippen LogP contribution in [0.2, 0.25) is 0 Å². The molecule has 1 unspecified atom stereocenters. The summed E-state index contributed by atoms with van der Waals surface area (Å²) in [5, 5.41) is 5.27. The second kappa shape index (κ2) is 13.4. The van der Waals surface area contributed by atoms with Crippen LogP contribution >= 0.6 is 0 Å². The summed E-state index contributed by atoms with van der Waals surface area (Å²) < 4.78 is 14.3. The molecule has 12 nitrogen and oxygen atoms in total. The molecule has 2 N–H and O–H groups in total. The van der Waals surface area contributed by atoms with Gasteiger partial charge in [-0.1, -0.05) is 6.07 Å². The summed E-state index contributed by atoms with van der Waals surface area (Å²) in [5.74, 6) is -0.708. The van der Waals surface area contributed by atoms with Crippen LogP contribution in [-0.4, -0.2) is 75.3 Å². The Balaban J connectivity index is 1.09. The van der Waals surface area contributed by atoms with Gasteiger partial charge in [0, 0.05) is 26.1 Å². The zero-order chi connectivity index (χ0) is 32.5. The lowest BCUT2D eigenvalue weighted by Gasteiger charge is -2.34. The van der Waals surface area contributed by atoms with Gasteiger partial charge >= 0.3 is 17.8 Å². The van der Waals surface area contributed by atoms with E-state index in [0.29, 0.717) is 37.2 Å². The van der Waals surface area contributed by atoms with E-state index in [0.717, 1.165) is 49.9 Å². The van der Waals surface area contributed by atoms with Crippen molar-refractivity contribution in [3.63, 3.8) is 0 Å². The van der Waals surface area contributed by atoms with Crippen LogP contribution in [0.15, 0.2) is 23.0 Å². The largest absolute Gasteiger partial charge is 0.461 e. The van der Waals surface area contributed by atoms with Gasteiger partial charge in [-0.05, 0) is 109 Å². The number of imide groups is 1. The third-order valence-corrected chi connectivity index (χ3v) is 9.31. The van der Waals surface area contributed by atoms with Crippen molar-refractivity contribution in [2.45, 2.75) is 109 Å². The number of nitrogens with one attached hydrogen (secondary N) is 2. The van der Waals surface area contributed by atoms with Crippen LogP contribution in [0, 0.1) is 5.92 Å². The number of amides is 3. The number of imidazole rings is 1. The predicted octanol–water partition coefficient (Wildman–Crippen LogP) is 3.51. The number of benzene rings is 1. The average molecular weight is 626 g/mol. The fourth-order valence-corrected chi connectivity index (χ4v) is 6.96. The van der Waals surface area contributed by atoms with Crippen LogP contribution < -0.4 is 16.3 Å². The van der Waals surface area contributed by atoms with Gasteiger partial charge in [0.15, 0.2) is 0 Å². The first-order chi connectivity index (χ1) is 21.3. The minimum absolute atomic E-state index is 0.0125. The third kappa shape index (κ3) is 7.77. The number of ether oxygens (including phenoxy) is 2. The van der Waals surface area contributed by atoms with E-state index in [4.69, 9.17) is 9.47 Å². The molecule has 5 rings (SSSR count). The molecular weight excluding hydrogens is 578 g/mol. The predicted molar refractivity (Wildman–Crippen MR) is 168 cm³/mol. The van der Waals surface area contributed by atoms with Crippen LogP contribution in [0.5, 0.6) is 0 Å². The lowest BCUT2D eigenvalue weighted by molar-refractivity contribution is -0.155. The average Bonchev–Trinajstić information content (AvgIpc) is 3.21. The smallest absolute Gasteiger partial charge is 0.407 e. The lowest BCUT2D eigenvalue weighted by Crippen LogP contribution is -2.44. The molecule has 1 aromatic heterocycles. The molecule has 2 atom stereocenters. The van der Waals surface area contributed by atoms with Crippen molar-refractivity contribution in [2.75, 3.05) is 19.6 Å². The minimum atomic E-state index is -0.694. The van der Waals surface area contributed by atoms with Crippen molar-refractivity contribution in [2.24, 2.45) is 13.0 Å². The van der Waals surface area contributed by atoms with Gasteiger partial charge in [0.2, 0.25) is 11.8 Å². The number of carbonyl (C=O) groups is 4. The number of piperidine rings is 2. The topological polar surface area (TPSA) is 141 Å². The highest BCUT2D eigenvalue weighted by molar-refractivity contribution is 6.00. The fraction of sp³-hybridized carbons (Fsp3) is 0.667. The van der Waals surface area contributed by atoms with Gasteiger partial charge in [-0.15, -0.1) is 0 Å². The van der Waals surface area contributed by atoms with Gasteiger partial charge in [0.05, 0.1) is 17.0 Å². The van der Waals surface area contributed by atoms with Crippen LogP contribution in [0.25, 0.3) is 11.0 Å².